The molecule has 0 saturated carbocycles. The van der Waals surface area contributed by atoms with E-state index in [9.17, 15) is 9.59 Å². The molecule has 2 N–H and O–H groups in total. The lowest BCUT2D eigenvalue weighted by Gasteiger charge is -2.01. The maximum atomic E-state index is 11.1. The molecule has 0 heterocycles. The Hall–Kier alpha value is -3.02. The van der Waals surface area contributed by atoms with Crippen molar-refractivity contribution in [3.05, 3.63) is 59.7 Å². The first-order chi connectivity index (χ1) is 9.58. The summed E-state index contributed by atoms with van der Waals surface area (Å²) in [6.07, 6.45) is 0. The Balaban J connectivity index is 2.43. The summed E-state index contributed by atoms with van der Waals surface area (Å²) in [6.45, 7) is 0. The van der Waals surface area contributed by atoms with Crippen LogP contribution >= 0.6 is 0 Å². The van der Waals surface area contributed by atoms with E-state index in [1.807, 2.05) is 6.07 Å². The van der Waals surface area contributed by atoms with Gasteiger partial charge in [-0.15, -0.1) is 5.11 Å². The minimum atomic E-state index is -1.19. The lowest BCUT2D eigenvalue weighted by Crippen LogP contribution is -2.00. The molecule has 0 bridgehead atoms. The first kappa shape index (κ1) is 13.4. The monoisotopic (exact) mass is 270 g/mol. The second-order valence-corrected chi connectivity index (χ2v) is 3.88. The van der Waals surface area contributed by atoms with Gasteiger partial charge in [0.2, 0.25) is 0 Å². The second kappa shape index (κ2) is 5.75. The minimum absolute atomic E-state index is 0.00116. The van der Waals surface area contributed by atoms with Gasteiger partial charge in [0.1, 0.15) is 5.69 Å². The number of rotatable bonds is 4. The van der Waals surface area contributed by atoms with E-state index < -0.39 is 11.9 Å². The largest absolute Gasteiger partial charge is 0.478 e. The zero-order chi connectivity index (χ0) is 14.5. The van der Waals surface area contributed by atoms with Gasteiger partial charge in [0.05, 0.1) is 16.8 Å². The van der Waals surface area contributed by atoms with E-state index in [1.165, 1.54) is 18.2 Å². The summed E-state index contributed by atoms with van der Waals surface area (Å²) < 4.78 is 0. The second-order valence-electron chi connectivity index (χ2n) is 3.88. The van der Waals surface area contributed by atoms with Crippen LogP contribution in [0.4, 0.5) is 11.4 Å². The van der Waals surface area contributed by atoms with Gasteiger partial charge in [-0.25, -0.2) is 9.59 Å². The van der Waals surface area contributed by atoms with Gasteiger partial charge in [0, 0.05) is 0 Å². The highest BCUT2D eigenvalue weighted by Gasteiger charge is 2.13. The molecule has 6 heteroatoms. The van der Waals surface area contributed by atoms with Crippen molar-refractivity contribution in [3.63, 3.8) is 0 Å². The van der Waals surface area contributed by atoms with Crippen LogP contribution in [0.5, 0.6) is 0 Å². The van der Waals surface area contributed by atoms with Crippen molar-refractivity contribution < 1.29 is 19.8 Å². The van der Waals surface area contributed by atoms with E-state index in [4.69, 9.17) is 10.2 Å². The van der Waals surface area contributed by atoms with Crippen LogP contribution in [0.1, 0.15) is 20.7 Å². The Kier molecular flexibility index (Phi) is 3.85. The summed E-state index contributed by atoms with van der Waals surface area (Å²) >= 11 is 0. The first-order valence-electron chi connectivity index (χ1n) is 5.65. The van der Waals surface area contributed by atoms with Crippen molar-refractivity contribution in [2.24, 2.45) is 10.2 Å². The Bertz CT molecular complexity index is 681. The molecule has 2 aromatic rings. The SMILES string of the molecule is O=C(O)c1ccc(C(=O)O)c(N=Nc2ccccc2)c1. The van der Waals surface area contributed by atoms with Gasteiger partial charge in [0.15, 0.2) is 0 Å². The van der Waals surface area contributed by atoms with Crippen LogP contribution in [0.2, 0.25) is 0 Å². The van der Waals surface area contributed by atoms with E-state index in [1.54, 1.807) is 24.3 Å². The number of hydrogen-bond donors (Lipinski definition) is 2. The predicted molar refractivity (Wildman–Crippen MR) is 71.0 cm³/mol. The Morgan fingerprint density at radius 1 is 0.850 bits per heavy atom. The Labute approximate surface area is 114 Å². The molecule has 20 heavy (non-hydrogen) atoms. The fourth-order valence-electron chi connectivity index (χ4n) is 1.53. The Morgan fingerprint density at radius 2 is 1.55 bits per heavy atom. The highest BCUT2D eigenvalue weighted by Crippen LogP contribution is 2.24. The Morgan fingerprint density at radius 3 is 2.15 bits per heavy atom. The summed E-state index contributed by atoms with van der Waals surface area (Å²) in [4.78, 5) is 22.0. The van der Waals surface area contributed by atoms with Crippen LogP contribution in [-0.4, -0.2) is 22.2 Å². The van der Waals surface area contributed by atoms with Crippen LogP contribution in [0.15, 0.2) is 58.8 Å². The number of hydrogen-bond acceptors (Lipinski definition) is 4. The molecule has 0 aliphatic heterocycles. The van der Waals surface area contributed by atoms with Gasteiger partial charge in [-0.1, -0.05) is 18.2 Å². The average molecular weight is 270 g/mol. The van der Waals surface area contributed by atoms with Crippen molar-refractivity contribution in [1.29, 1.82) is 0 Å². The number of azo groups is 1. The third-order valence-corrected chi connectivity index (χ3v) is 2.50. The molecule has 0 unspecified atom stereocenters. The van der Waals surface area contributed by atoms with Crippen LogP contribution in [0.25, 0.3) is 0 Å². The lowest BCUT2D eigenvalue weighted by molar-refractivity contribution is 0.0682. The number of carbonyl (C=O) groups is 2. The highest BCUT2D eigenvalue weighted by atomic mass is 16.4. The van der Waals surface area contributed by atoms with E-state index in [-0.39, 0.29) is 16.8 Å². The average Bonchev–Trinajstić information content (AvgIpc) is 2.45. The van der Waals surface area contributed by atoms with E-state index >= 15 is 0 Å². The zero-order valence-corrected chi connectivity index (χ0v) is 10.2. The molecule has 0 aliphatic carbocycles. The fraction of sp³-hybridized carbons (Fsp3) is 0. The van der Waals surface area contributed by atoms with Crippen LogP contribution < -0.4 is 0 Å². The maximum Gasteiger partial charge on any atom is 0.337 e. The molecule has 0 amide bonds. The summed E-state index contributed by atoms with van der Waals surface area (Å²) in [5, 5.41) is 25.7. The van der Waals surface area contributed by atoms with Crippen molar-refractivity contribution in [1.82, 2.24) is 0 Å². The van der Waals surface area contributed by atoms with Crippen molar-refractivity contribution >= 4 is 23.3 Å². The maximum absolute atomic E-state index is 11.1. The molecule has 0 aliphatic rings. The summed E-state index contributed by atoms with van der Waals surface area (Å²) in [7, 11) is 0. The molecular weight excluding hydrogens is 260 g/mol. The van der Waals surface area contributed by atoms with Crippen LogP contribution in [0, 0.1) is 0 Å². The molecule has 0 saturated heterocycles. The van der Waals surface area contributed by atoms with Gasteiger partial charge in [-0.05, 0) is 30.3 Å². The molecule has 0 radical (unpaired) electrons. The normalized spacial score (nSPS) is 10.6. The van der Waals surface area contributed by atoms with Gasteiger partial charge >= 0.3 is 11.9 Å². The molecule has 2 aromatic carbocycles. The van der Waals surface area contributed by atoms with E-state index in [2.05, 4.69) is 10.2 Å². The molecule has 6 nitrogen and oxygen atoms in total. The van der Waals surface area contributed by atoms with Crippen LogP contribution in [-0.2, 0) is 0 Å². The van der Waals surface area contributed by atoms with Crippen molar-refractivity contribution in [2.75, 3.05) is 0 Å². The minimum Gasteiger partial charge on any atom is -0.478 e. The number of carboxylic acid groups (broad SMARTS) is 2. The number of aromatic carboxylic acids is 2. The van der Waals surface area contributed by atoms with Crippen molar-refractivity contribution in [3.8, 4) is 0 Å². The number of nitrogens with zero attached hydrogens (tertiary/aromatic N) is 2. The van der Waals surface area contributed by atoms with Crippen LogP contribution in [0.3, 0.4) is 0 Å². The molecule has 0 atom stereocenters. The fourth-order valence-corrected chi connectivity index (χ4v) is 1.53. The van der Waals surface area contributed by atoms with Crippen molar-refractivity contribution in [2.45, 2.75) is 0 Å². The standard InChI is InChI=1S/C14H10N2O4/c17-13(18)9-6-7-11(14(19)20)12(8-9)16-15-10-4-2-1-3-5-10/h1-8H,(H,17,18)(H,19,20). The summed E-state index contributed by atoms with van der Waals surface area (Å²) in [5.41, 5.74) is 0.400. The third kappa shape index (κ3) is 3.05. The number of benzene rings is 2. The van der Waals surface area contributed by atoms with E-state index in [0.29, 0.717) is 5.69 Å². The first-order valence-corrected chi connectivity index (χ1v) is 5.65. The molecular formula is C14H10N2O4. The zero-order valence-electron chi connectivity index (χ0n) is 10.2. The topological polar surface area (TPSA) is 99.3 Å². The number of carboxylic acids is 2. The van der Waals surface area contributed by atoms with Gasteiger partial charge in [-0.3, -0.25) is 0 Å². The third-order valence-electron chi connectivity index (χ3n) is 2.50. The quantitative estimate of drug-likeness (QED) is 0.830. The van der Waals surface area contributed by atoms with Gasteiger partial charge in [-0.2, -0.15) is 5.11 Å². The predicted octanol–water partition coefficient (Wildman–Crippen LogP) is 3.50. The van der Waals surface area contributed by atoms with Gasteiger partial charge in [0.25, 0.3) is 0 Å². The molecule has 0 fully saturated rings. The summed E-state index contributed by atoms with van der Waals surface area (Å²) in [6, 6.07) is 12.3. The smallest absolute Gasteiger partial charge is 0.337 e. The molecule has 0 aromatic heterocycles. The molecule has 2 rings (SSSR count). The molecule has 100 valence electrons. The molecule has 0 spiro atoms. The summed E-state index contributed by atoms with van der Waals surface area (Å²) in [5.74, 6) is -2.35. The lowest BCUT2D eigenvalue weighted by atomic mass is 10.1. The van der Waals surface area contributed by atoms with E-state index in [0.717, 1.165) is 0 Å². The highest BCUT2D eigenvalue weighted by molar-refractivity contribution is 5.96. The van der Waals surface area contributed by atoms with Gasteiger partial charge < -0.3 is 10.2 Å².